The summed E-state index contributed by atoms with van der Waals surface area (Å²) in [5.41, 5.74) is 3.59. The molecule has 0 bridgehead atoms. The van der Waals surface area contributed by atoms with Crippen molar-refractivity contribution in [3.63, 3.8) is 0 Å². The maximum absolute atomic E-state index is 5.55. The van der Waals surface area contributed by atoms with Crippen LogP contribution in [-0.2, 0) is 13.0 Å². The normalized spacial score (nSPS) is 9.90. The van der Waals surface area contributed by atoms with Crippen LogP contribution >= 0.6 is 0 Å². The van der Waals surface area contributed by atoms with Crippen molar-refractivity contribution in [3.05, 3.63) is 59.7 Å². The van der Waals surface area contributed by atoms with E-state index in [-0.39, 0.29) is 0 Å². The van der Waals surface area contributed by atoms with Gasteiger partial charge in [0, 0.05) is 17.8 Å². The second-order valence-corrected chi connectivity index (χ2v) is 4.90. The third-order valence-electron chi connectivity index (χ3n) is 3.26. The first kappa shape index (κ1) is 15.0. The summed E-state index contributed by atoms with van der Waals surface area (Å²) in [6, 6.07) is 16.5. The van der Waals surface area contributed by atoms with Crippen molar-refractivity contribution in [1.29, 1.82) is 0 Å². The van der Waals surface area contributed by atoms with Crippen LogP contribution in [0.25, 0.3) is 0 Å². The van der Waals surface area contributed by atoms with Crippen LogP contribution < -0.4 is 10.1 Å². The standard InChI is InChI=1S/C19H21NO/c1-3-7-16-10-12-18(13-11-16)20-15-17-8-5-6-9-19(17)21-14-4-2/h2,5-6,8-13,20H,3,7,14-15H2,1H3. The van der Waals surface area contributed by atoms with Gasteiger partial charge in [0.05, 0.1) is 0 Å². The highest BCUT2D eigenvalue weighted by molar-refractivity contribution is 5.46. The molecule has 0 aromatic heterocycles. The van der Waals surface area contributed by atoms with Gasteiger partial charge in [-0.3, -0.25) is 0 Å². The fraction of sp³-hybridized carbons (Fsp3) is 0.263. The summed E-state index contributed by atoms with van der Waals surface area (Å²) in [4.78, 5) is 0. The number of aryl methyl sites for hydroxylation is 1. The largest absolute Gasteiger partial charge is 0.481 e. The van der Waals surface area contributed by atoms with Crippen LogP contribution in [0.15, 0.2) is 48.5 Å². The molecule has 2 heteroatoms. The number of anilines is 1. The average Bonchev–Trinajstić information content (AvgIpc) is 2.53. The Morgan fingerprint density at radius 1 is 1.10 bits per heavy atom. The fourth-order valence-electron chi connectivity index (χ4n) is 2.19. The number of hydrogen-bond donors (Lipinski definition) is 1. The van der Waals surface area contributed by atoms with Gasteiger partial charge in [-0.1, -0.05) is 49.6 Å². The molecule has 2 nitrogen and oxygen atoms in total. The molecule has 0 aliphatic carbocycles. The molecule has 21 heavy (non-hydrogen) atoms. The Morgan fingerprint density at radius 2 is 1.86 bits per heavy atom. The second kappa shape index (κ2) is 8.01. The summed E-state index contributed by atoms with van der Waals surface area (Å²) in [7, 11) is 0. The molecule has 0 spiro atoms. The number of nitrogens with one attached hydrogen (secondary N) is 1. The summed E-state index contributed by atoms with van der Waals surface area (Å²) in [6.45, 7) is 3.20. The zero-order valence-electron chi connectivity index (χ0n) is 12.4. The molecule has 108 valence electrons. The summed E-state index contributed by atoms with van der Waals surface area (Å²) < 4.78 is 5.55. The Kier molecular flexibility index (Phi) is 5.72. The van der Waals surface area contributed by atoms with Gasteiger partial charge in [-0.15, -0.1) is 6.42 Å². The van der Waals surface area contributed by atoms with Crippen LogP contribution in [0.2, 0.25) is 0 Å². The van der Waals surface area contributed by atoms with Crippen LogP contribution in [-0.4, -0.2) is 6.61 Å². The van der Waals surface area contributed by atoms with Gasteiger partial charge in [0.25, 0.3) is 0 Å². The van der Waals surface area contributed by atoms with Crippen LogP contribution in [0.1, 0.15) is 24.5 Å². The van der Waals surface area contributed by atoms with Gasteiger partial charge < -0.3 is 10.1 Å². The average molecular weight is 279 g/mol. The maximum atomic E-state index is 5.55. The van der Waals surface area contributed by atoms with E-state index in [0.29, 0.717) is 13.2 Å². The van der Waals surface area contributed by atoms with Crippen molar-refractivity contribution in [2.75, 3.05) is 11.9 Å². The molecule has 0 aliphatic heterocycles. The predicted molar refractivity (Wildman–Crippen MR) is 88.5 cm³/mol. The van der Waals surface area contributed by atoms with Crippen molar-refractivity contribution in [3.8, 4) is 18.1 Å². The lowest BCUT2D eigenvalue weighted by atomic mass is 10.1. The minimum Gasteiger partial charge on any atom is -0.481 e. The zero-order valence-corrected chi connectivity index (χ0v) is 12.4. The minimum atomic E-state index is 0.294. The van der Waals surface area contributed by atoms with E-state index >= 15 is 0 Å². The molecular weight excluding hydrogens is 258 g/mol. The topological polar surface area (TPSA) is 21.3 Å². The smallest absolute Gasteiger partial charge is 0.148 e. The lowest BCUT2D eigenvalue weighted by Gasteiger charge is -2.11. The molecule has 0 fully saturated rings. The minimum absolute atomic E-state index is 0.294. The van der Waals surface area contributed by atoms with Gasteiger partial charge in [0.2, 0.25) is 0 Å². The number of terminal acetylenes is 1. The Bertz CT molecular complexity index is 596. The van der Waals surface area contributed by atoms with Crippen molar-refractivity contribution in [2.24, 2.45) is 0 Å². The van der Waals surface area contributed by atoms with E-state index in [4.69, 9.17) is 11.2 Å². The molecule has 2 rings (SSSR count). The highest BCUT2D eigenvalue weighted by Crippen LogP contribution is 2.20. The van der Waals surface area contributed by atoms with Crippen LogP contribution in [0.5, 0.6) is 5.75 Å². The molecule has 0 saturated heterocycles. The van der Waals surface area contributed by atoms with Crippen molar-refractivity contribution in [1.82, 2.24) is 0 Å². The summed E-state index contributed by atoms with van der Waals surface area (Å²) in [5.74, 6) is 3.33. The Balaban J connectivity index is 1.98. The maximum Gasteiger partial charge on any atom is 0.148 e. The summed E-state index contributed by atoms with van der Waals surface area (Å²) in [5, 5.41) is 3.42. The molecule has 0 radical (unpaired) electrons. The first-order valence-corrected chi connectivity index (χ1v) is 7.30. The van der Waals surface area contributed by atoms with Crippen molar-refractivity contribution < 1.29 is 4.74 Å². The van der Waals surface area contributed by atoms with Gasteiger partial charge in [-0.05, 0) is 30.2 Å². The molecule has 0 heterocycles. The molecule has 2 aromatic carbocycles. The van der Waals surface area contributed by atoms with E-state index in [0.717, 1.165) is 23.4 Å². The summed E-state index contributed by atoms with van der Waals surface area (Å²) in [6.07, 6.45) is 7.54. The van der Waals surface area contributed by atoms with E-state index in [2.05, 4.69) is 42.4 Å². The molecule has 0 unspecified atom stereocenters. The monoisotopic (exact) mass is 279 g/mol. The SMILES string of the molecule is C#CCOc1ccccc1CNc1ccc(CCC)cc1. The zero-order chi connectivity index (χ0) is 14.9. The summed E-state index contributed by atoms with van der Waals surface area (Å²) >= 11 is 0. The lowest BCUT2D eigenvalue weighted by molar-refractivity contribution is 0.366. The van der Waals surface area contributed by atoms with Crippen LogP contribution in [0.4, 0.5) is 5.69 Å². The van der Waals surface area contributed by atoms with Gasteiger partial charge in [0.15, 0.2) is 0 Å². The molecule has 0 atom stereocenters. The van der Waals surface area contributed by atoms with E-state index in [1.165, 1.54) is 12.0 Å². The third kappa shape index (κ3) is 4.57. The Hall–Kier alpha value is -2.40. The van der Waals surface area contributed by atoms with E-state index in [1.54, 1.807) is 0 Å². The highest BCUT2D eigenvalue weighted by Gasteiger charge is 2.02. The second-order valence-electron chi connectivity index (χ2n) is 4.90. The quantitative estimate of drug-likeness (QED) is 0.764. The number of ether oxygens (including phenoxy) is 1. The molecule has 0 saturated carbocycles. The van der Waals surface area contributed by atoms with E-state index < -0.39 is 0 Å². The van der Waals surface area contributed by atoms with Crippen molar-refractivity contribution in [2.45, 2.75) is 26.3 Å². The number of para-hydroxylation sites is 1. The molecule has 0 aliphatic rings. The first-order chi connectivity index (χ1) is 10.3. The lowest BCUT2D eigenvalue weighted by Crippen LogP contribution is -2.03. The van der Waals surface area contributed by atoms with E-state index in [1.807, 2.05) is 24.3 Å². The highest BCUT2D eigenvalue weighted by atomic mass is 16.5. The molecule has 1 N–H and O–H groups in total. The molecular formula is C19H21NO. The molecule has 2 aromatic rings. The third-order valence-corrected chi connectivity index (χ3v) is 3.26. The Morgan fingerprint density at radius 3 is 2.57 bits per heavy atom. The number of benzene rings is 2. The van der Waals surface area contributed by atoms with Gasteiger partial charge in [-0.2, -0.15) is 0 Å². The van der Waals surface area contributed by atoms with Crippen LogP contribution in [0.3, 0.4) is 0 Å². The van der Waals surface area contributed by atoms with Gasteiger partial charge in [-0.25, -0.2) is 0 Å². The predicted octanol–water partition coefficient (Wildman–Crippen LogP) is 4.26. The van der Waals surface area contributed by atoms with Crippen LogP contribution in [0, 0.1) is 12.3 Å². The number of rotatable bonds is 7. The first-order valence-electron chi connectivity index (χ1n) is 7.30. The Labute approximate surface area is 127 Å². The van der Waals surface area contributed by atoms with Gasteiger partial charge >= 0.3 is 0 Å². The fourth-order valence-corrected chi connectivity index (χ4v) is 2.19. The van der Waals surface area contributed by atoms with Gasteiger partial charge in [0.1, 0.15) is 12.4 Å². The van der Waals surface area contributed by atoms with E-state index in [9.17, 15) is 0 Å². The number of hydrogen-bond acceptors (Lipinski definition) is 2. The van der Waals surface area contributed by atoms with Crippen molar-refractivity contribution >= 4 is 5.69 Å². The molecule has 0 amide bonds.